The highest BCUT2D eigenvalue weighted by Crippen LogP contribution is 2.25. The number of nitrogens with zero attached hydrogens (tertiary/aromatic N) is 1. The summed E-state index contributed by atoms with van der Waals surface area (Å²) >= 11 is 0. The van der Waals surface area contributed by atoms with Crippen LogP contribution in [0.2, 0.25) is 0 Å². The number of carbonyl (C=O) groups is 2. The second-order valence-corrected chi connectivity index (χ2v) is 5.37. The zero-order chi connectivity index (χ0) is 15.2. The maximum atomic E-state index is 12.2. The lowest BCUT2D eigenvalue weighted by molar-refractivity contribution is -0.143. The number of rotatable bonds is 4. The van der Waals surface area contributed by atoms with Crippen molar-refractivity contribution in [3.05, 3.63) is 35.9 Å². The van der Waals surface area contributed by atoms with E-state index in [0.717, 1.165) is 12.0 Å². The molecule has 0 radical (unpaired) electrons. The third-order valence-electron chi connectivity index (χ3n) is 3.97. The molecule has 114 valence electrons. The first kappa shape index (κ1) is 15.4. The summed E-state index contributed by atoms with van der Waals surface area (Å²) in [4.78, 5) is 24.9. The molecule has 0 bridgehead atoms. The Labute approximate surface area is 124 Å². The molecule has 0 aromatic heterocycles. The van der Waals surface area contributed by atoms with Crippen molar-refractivity contribution in [1.82, 2.24) is 4.90 Å². The van der Waals surface area contributed by atoms with Crippen molar-refractivity contribution in [1.29, 1.82) is 0 Å². The molecular weight excluding hydrogens is 270 g/mol. The summed E-state index contributed by atoms with van der Waals surface area (Å²) in [5.74, 6) is -1.33. The topological polar surface area (TPSA) is 66.8 Å². The smallest absolute Gasteiger partial charge is 0.410 e. The minimum atomic E-state index is -0.842. The van der Waals surface area contributed by atoms with E-state index in [1.54, 1.807) is 4.90 Å². The van der Waals surface area contributed by atoms with Crippen LogP contribution < -0.4 is 0 Å². The highest BCUT2D eigenvalue weighted by molar-refractivity contribution is 5.73. The number of hydrogen-bond donors (Lipinski definition) is 1. The van der Waals surface area contributed by atoms with Crippen LogP contribution in [0.4, 0.5) is 4.79 Å². The fraction of sp³-hybridized carbons (Fsp3) is 0.500. The SMILES string of the molecule is CC[C@H]1CCC(C(=O)O)CN1C(=O)OCc1ccccc1. The number of ether oxygens (including phenoxy) is 1. The lowest BCUT2D eigenvalue weighted by atomic mass is 9.92. The van der Waals surface area contributed by atoms with Crippen LogP contribution >= 0.6 is 0 Å². The molecule has 1 saturated heterocycles. The van der Waals surface area contributed by atoms with E-state index in [0.29, 0.717) is 12.8 Å². The molecule has 5 heteroatoms. The third-order valence-corrected chi connectivity index (χ3v) is 3.97. The molecular formula is C16H21NO4. The maximum absolute atomic E-state index is 12.2. The van der Waals surface area contributed by atoms with Crippen LogP contribution in [0, 0.1) is 5.92 Å². The number of carboxylic acids is 1. The molecule has 1 aromatic rings. The van der Waals surface area contributed by atoms with Gasteiger partial charge in [0.15, 0.2) is 0 Å². The molecule has 0 aliphatic carbocycles. The normalized spacial score (nSPS) is 21.9. The van der Waals surface area contributed by atoms with Gasteiger partial charge in [0.1, 0.15) is 6.61 Å². The molecule has 1 amide bonds. The quantitative estimate of drug-likeness (QED) is 0.926. The van der Waals surface area contributed by atoms with Crippen molar-refractivity contribution in [2.24, 2.45) is 5.92 Å². The number of amides is 1. The molecule has 1 aliphatic rings. The lowest BCUT2D eigenvalue weighted by Gasteiger charge is -2.37. The Hall–Kier alpha value is -2.04. The van der Waals surface area contributed by atoms with E-state index in [1.165, 1.54) is 0 Å². The van der Waals surface area contributed by atoms with Gasteiger partial charge in [0.05, 0.1) is 5.92 Å². The van der Waals surface area contributed by atoms with Crippen LogP contribution in [-0.4, -0.2) is 34.7 Å². The van der Waals surface area contributed by atoms with Gasteiger partial charge in [-0.25, -0.2) is 4.79 Å². The molecule has 1 unspecified atom stereocenters. The van der Waals surface area contributed by atoms with E-state index >= 15 is 0 Å². The molecule has 1 aromatic carbocycles. The Morgan fingerprint density at radius 1 is 1.29 bits per heavy atom. The minimum Gasteiger partial charge on any atom is -0.481 e. The number of carbonyl (C=O) groups excluding carboxylic acids is 1. The fourth-order valence-corrected chi connectivity index (χ4v) is 2.68. The van der Waals surface area contributed by atoms with Crippen molar-refractivity contribution in [3.8, 4) is 0 Å². The highest BCUT2D eigenvalue weighted by Gasteiger charge is 2.34. The van der Waals surface area contributed by atoms with Gasteiger partial charge in [0.25, 0.3) is 0 Å². The van der Waals surface area contributed by atoms with Crippen molar-refractivity contribution in [2.45, 2.75) is 38.8 Å². The van der Waals surface area contributed by atoms with Crippen LogP contribution in [0.15, 0.2) is 30.3 Å². The molecule has 2 rings (SSSR count). The first-order valence-corrected chi connectivity index (χ1v) is 7.32. The average Bonchev–Trinajstić information content (AvgIpc) is 2.52. The predicted octanol–water partition coefficient (Wildman–Crippen LogP) is 2.90. The van der Waals surface area contributed by atoms with Crippen molar-refractivity contribution in [3.63, 3.8) is 0 Å². The molecule has 1 heterocycles. The molecule has 1 N–H and O–H groups in total. The van der Waals surface area contributed by atoms with E-state index in [-0.39, 0.29) is 19.2 Å². The second-order valence-electron chi connectivity index (χ2n) is 5.37. The number of likely N-dealkylation sites (tertiary alicyclic amines) is 1. The largest absolute Gasteiger partial charge is 0.481 e. The lowest BCUT2D eigenvalue weighted by Crippen LogP contribution is -2.48. The number of carboxylic acid groups (broad SMARTS) is 1. The van der Waals surface area contributed by atoms with Crippen LogP contribution in [0.1, 0.15) is 31.7 Å². The zero-order valence-corrected chi connectivity index (χ0v) is 12.2. The van der Waals surface area contributed by atoms with Gasteiger partial charge in [-0.2, -0.15) is 0 Å². The van der Waals surface area contributed by atoms with E-state index in [9.17, 15) is 9.59 Å². The summed E-state index contributed by atoms with van der Waals surface area (Å²) in [6.45, 7) is 2.45. The minimum absolute atomic E-state index is 0.0730. The van der Waals surface area contributed by atoms with E-state index < -0.39 is 18.0 Å². The average molecular weight is 291 g/mol. The van der Waals surface area contributed by atoms with Crippen molar-refractivity contribution >= 4 is 12.1 Å². The number of benzene rings is 1. The summed E-state index contributed by atoms with van der Waals surface area (Å²) in [6.07, 6.45) is 1.73. The first-order valence-electron chi connectivity index (χ1n) is 7.32. The summed E-state index contributed by atoms with van der Waals surface area (Å²) in [7, 11) is 0. The zero-order valence-electron chi connectivity index (χ0n) is 12.2. The van der Waals surface area contributed by atoms with Crippen molar-refractivity contribution < 1.29 is 19.4 Å². The van der Waals surface area contributed by atoms with Gasteiger partial charge in [-0.3, -0.25) is 4.79 Å². The Kier molecular flexibility index (Phi) is 5.20. The van der Waals surface area contributed by atoms with Gasteiger partial charge >= 0.3 is 12.1 Å². The molecule has 5 nitrogen and oxygen atoms in total. The molecule has 1 aliphatic heterocycles. The Morgan fingerprint density at radius 2 is 2.00 bits per heavy atom. The monoisotopic (exact) mass is 291 g/mol. The Balaban J connectivity index is 1.96. The van der Waals surface area contributed by atoms with Gasteiger partial charge in [-0.05, 0) is 24.8 Å². The van der Waals surface area contributed by atoms with E-state index in [4.69, 9.17) is 9.84 Å². The maximum Gasteiger partial charge on any atom is 0.410 e. The number of hydrogen-bond acceptors (Lipinski definition) is 3. The molecule has 21 heavy (non-hydrogen) atoms. The van der Waals surface area contributed by atoms with Gasteiger partial charge in [-0.1, -0.05) is 37.3 Å². The molecule has 2 atom stereocenters. The summed E-state index contributed by atoms with van der Waals surface area (Å²) in [6, 6.07) is 9.53. The number of piperidine rings is 1. The summed E-state index contributed by atoms with van der Waals surface area (Å²) < 4.78 is 5.32. The molecule has 0 spiro atoms. The highest BCUT2D eigenvalue weighted by atomic mass is 16.6. The van der Waals surface area contributed by atoms with E-state index in [2.05, 4.69) is 0 Å². The van der Waals surface area contributed by atoms with Gasteiger partial charge in [0, 0.05) is 12.6 Å². The Morgan fingerprint density at radius 3 is 2.62 bits per heavy atom. The van der Waals surface area contributed by atoms with Crippen molar-refractivity contribution in [2.75, 3.05) is 6.54 Å². The Bertz CT molecular complexity index is 488. The first-order chi connectivity index (χ1) is 10.1. The van der Waals surface area contributed by atoms with Gasteiger partial charge in [-0.15, -0.1) is 0 Å². The fourth-order valence-electron chi connectivity index (χ4n) is 2.68. The molecule has 0 saturated carbocycles. The molecule has 1 fully saturated rings. The summed E-state index contributed by atoms with van der Waals surface area (Å²) in [5, 5.41) is 9.13. The van der Waals surface area contributed by atoms with Gasteiger partial charge in [0.2, 0.25) is 0 Å². The van der Waals surface area contributed by atoms with Crippen LogP contribution in [0.25, 0.3) is 0 Å². The van der Waals surface area contributed by atoms with Gasteiger partial charge < -0.3 is 14.7 Å². The second kappa shape index (κ2) is 7.11. The van der Waals surface area contributed by atoms with Crippen LogP contribution in [0.3, 0.4) is 0 Å². The van der Waals surface area contributed by atoms with E-state index in [1.807, 2.05) is 37.3 Å². The van der Waals surface area contributed by atoms with Crippen LogP contribution in [0.5, 0.6) is 0 Å². The third kappa shape index (κ3) is 3.97. The number of aliphatic carboxylic acids is 1. The standard InChI is InChI=1S/C16H21NO4/c1-2-14-9-8-13(15(18)19)10-17(14)16(20)21-11-12-6-4-3-5-7-12/h3-7,13-14H,2,8-11H2,1H3,(H,18,19)/t13?,14-/m0/s1. The summed E-state index contributed by atoms with van der Waals surface area (Å²) in [5.41, 5.74) is 0.922. The van der Waals surface area contributed by atoms with Crippen LogP contribution in [-0.2, 0) is 16.1 Å². The predicted molar refractivity (Wildman–Crippen MR) is 77.8 cm³/mol.